The average Bonchev–Trinajstić information content (AvgIpc) is 2.85. The zero-order valence-corrected chi connectivity index (χ0v) is 14.5. The van der Waals surface area contributed by atoms with Gasteiger partial charge in [0, 0.05) is 0 Å². The quantitative estimate of drug-likeness (QED) is 0.646. The molecular weight excluding hydrogens is 292 g/mol. The van der Waals surface area contributed by atoms with Crippen LogP contribution in [0.3, 0.4) is 0 Å². The first-order chi connectivity index (χ1) is 11.8. The van der Waals surface area contributed by atoms with Gasteiger partial charge < -0.3 is 4.74 Å². The van der Waals surface area contributed by atoms with E-state index < -0.39 is 0 Å². The lowest BCUT2D eigenvalue weighted by Crippen LogP contribution is -2.01. The second-order valence-corrected chi connectivity index (χ2v) is 6.09. The lowest BCUT2D eigenvalue weighted by Gasteiger charge is -2.14. The molecule has 0 saturated heterocycles. The van der Waals surface area contributed by atoms with Crippen molar-refractivity contribution in [1.29, 1.82) is 0 Å². The number of ether oxygens (including phenoxy) is 1. The van der Waals surface area contributed by atoms with Gasteiger partial charge >= 0.3 is 0 Å². The maximum atomic E-state index is 6.14. The van der Waals surface area contributed by atoms with Crippen LogP contribution < -0.4 is 4.74 Å². The summed E-state index contributed by atoms with van der Waals surface area (Å²) in [5, 5.41) is 0. The lowest BCUT2D eigenvalue weighted by molar-refractivity contribution is 0.303. The molecule has 0 fully saturated rings. The highest BCUT2D eigenvalue weighted by molar-refractivity contribution is 5.78. The molecule has 0 radical (unpaired) electrons. The molecule has 122 valence electrons. The Hall–Kier alpha value is -2.54. The lowest BCUT2D eigenvalue weighted by atomic mass is 9.98. The predicted molar refractivity (Wildman–Crippen MR) is 102 cm³/mol. The Morgan fingerprint density at radius 2 is 1.71 bits per heavy atom. The topological polar surface area (TPSA) is 9.23 Å². The largest absolute Gasteiger partial charge is 0.489 e. The number of para-hydroxylation sites is 1. The zero-order valence-electron chi connectivity index (χ0n) is 14.5. The van der Waals surface area contributed by atoms with Gasteiger partial charge in [-0.3, -0.25) is 0 Å². The zero-order chi connectivity index (χ0) is 16.8. The van der Waals surface area contributed by atoms with E-state index in [1.807, 2.05) is 6.07 Å². The van der Waals surface area contributed by atoms with Gasteiger partial charge in [-0.15, -0.1) is 0 Å². The molecule has 1 aliphatic rings. The minimum Gasteiger partial charge on any atom is -0.489 e. The van der Waals surface area contributed by atoms with Crippen molar-refractivity contribution < 1.29 is 4.74 Å². The van der Waals surface area contributed by atoms with E-state index in [0.717, 1.165) is 18.6 Å². The molecule has 0 heterocycles. The Bertz CT molecular complexity index is 793. The van der Waals surface area contributed by atoms with Gasteiger partial charge in [0.1, 0.15) is 12.4 Å². The molecular formula is C23H24O. The number of aryl methyl sites for hydroxylation is 1. The van der Waals surface area contributed by atoms with E-state index in [2.05, 4.69) is 80.6 Å². The number of benzene rings is 2. The molecule has 2 aromatic rings. The molecule has 0 spiro atoms. The molecule has 1 heteroatoms. The Morgan fingerprint density at radius 3 is 2.54 bits per heavy atom. The van der Waals surface area contributed by atoms with Gasteiger partial charge in [0.15, 0.2) is 0 Å². The molecule has 0 atom stereocenters. The van der Waals surface area contributed by atoms with E-state index >= 15 is 0 Å². The van der Waals surface area contributed by atoms with Crippen molar-refractivity contribution in [3.05, 3.63) is 95.1 Å². The van der Waals surface area contributed by atoms with Crippen LogP contribution in [0, 0.1) is 0 Å². The first-order valence-electron chi connectivity index (χ1n) is 8.62. The van der Waals surface area contributed by atoms with E-state index in [0.29, 0.717) is 6.61 Å². The van der Waals surface area contributed by atoms with Crippen LogP contribution in [0.2, 0.25) is 0 Å². The summed E-state index contributed by atoms with van der Waals surface area (Å²) in [7, 11) is 0. The summed E-state index contributed by atoms with van der Waals surface area (Å²) < 4.78 is 6.14. The van der Waals surface area contributed by atoms with Crippen LogP contribution in [0.1, 0.15) is 37.0 Å². The predicted octanol–water partition coefficient (Wildman–Crippen LogP) is 6.12. The monoisotopic (exact) mass is 316 g/mol. The third-order valence-corrected chi connectivity index (χ3v) is 4.32. The molecule has 1 aliphatic carbocycles. The van der Waals surface area contributed by atoms with Crippen molar-refractivity contribution in [3.8, 4) is 5.75 Å². The van der Waals surface area contributed by atoms with Crippen LogP contribution in [0.15, 0.2) is 78.4 Å². The normalized spacial score (nSPS) is 13.9. The fourth-order valence-corrected chi connectivity index (χ4v) is 2.99. The summed E-state index contributed by atoms with van der Waals surface area (Å²) in [6.45, 7) is 4.90. The minimum atomic E-state index is 0.584. The number of hydrogen-bond acceptors (Lipinski definition) is 1. The highest BCUT2D eigenvalue weighted by Crippen LogP contribution is 2.26. The molecule has 0 amide bonds. The van der Waals surface area contributed by atoms with E-state index in [1.165, 1.54) is 27.8 Å². The van der Waals surface area contributed by atoms with Crippen LogP contribution >= 0.6 is 0 Å². The molecule has 2 aromatic carbocycles. The third-order valence-electron chi connectivity index (χ3n) is 4.32. The Labute approximate surface area is 145 Å². The Kier molecular flexibility index (Phi) is 5.32. The van der Waals surface area contributed by atoms with E-state index in [-0.39, 0.29) is 0 Å². The van der Waals surface area contributed by atoms with Gasteiger partial charge in [-0.2, -0.15) is 0 Å². The Balaban J connectivity index is 1.86. The number of rotatable bonds is 5. The van der Waals surface area contributed by atoms with Gasteiger partial charge in [0.05, 0.1) is 0 Å². The van der Waals surface area contributed by atoms with Gasteiger partial charge in [0.25, 0.3) is 0 Å². The summed E-state index contributed by atoms with van der Waals surface area (Å²) in [5.74, 6) is 0.983. The van der Waals surface area contributed by atoms with E-state index in [1.54, 1.807) is 0 Å². The number of hydrogen-bond donors (Lipinski definition) is 0. The van der Waals surface area contributed by atoms with Crippen LogP contribution in [-0.2, 0) is 13.0 Å². The van der Waals surface area contributed by atoms with E-state index in [4.69, 9.17) is 4.74 Å². The summed E-state index contributed by atoms with van der Waals surface area (Å²) in [5.41, 5.74) is 6.28. The standard InChI is InChI=1S/C23H24O/c1-3-19-11-7-9-15-23(19)24-17-21-13-6-8-14-22(21)20-12-5-4-10-18(2)16-20/h5-16H,3-4,17H2,1-2H3. The molecule has 24 heavy (non-hydrogen) atoms. The van der Waals surface area contributed by atoms with E-state index in [9.17, 15) is 0 Å². The van der Waals surface area contributed by atoms with Crippen molar-refractivity contribution in [2.24, 2.45) is 0 Å². The summed E-state index contributed by atoms with van der Waals surface area (Å²) in [4.78, 5) is 0. The fraction of sp³-hybridized carbons (Fsp3) is 0.217. The highest BCUT2D eigenvalue weighted by atomic mass is 16.5. The van der Waals surface area contributed by atoms with Crippen LogP contribution in [0.4, 0.5) is 0 Å². The maximum Gasteiger partial charge on any atom is 0.122 e. The Morgan fingerprint density at radius 1 is 0.958 bits per heavy atom. The smallest absolute Gasteiger partial charge is 0.122 e. The van der Waals surface area contributed by atoms with Crippen LogP contribution in [0.5, 0.6) is 5.75 Å². The van der Waals surface area contributed by atoms with Crippen LogP contribution in [0.25, 0.3) is 5.57 Å². The molecule has 0 aromatic heterocycles. The van der Waals surface area contributed by atoms with Crippen molar-refractivity contribution in [2.75, 3.05) is 0 Å². The third kappa shape index (κ3) is 3.86. The minimum absolute atomic E-state index is 0.584. The van der Waals surface area contributed by atoms with Gasteiger partial charge in [-0.1, -0.05) is 79.3 Å². The summed E-state index contributed by atoms with van der Waals surface area (Å²) >= 11 is 0. The fourth-order valence-electron chi connectivity index (χ4n) is 2.99. The first-order valence-corrected chi connectivity index (χ1v) is 8.62. The highest BCUT2D eigenvalue weighted by Gasteiger charge is 2.08. The first kappa shape index (κ1) is 16.3. The second kappa shape index (κ2) is 7.83. The van der Waals surface area contributed by atoms with Crippen molar-refractivity contribution in [3.63, 3.8) is 0 Å². The van der Waals surface area contributed by atoms with Gasteiger partial charge in [-0.05, 0) is 48.1 Å². The second-order valence-electron chi connectivity index (χ2n) is 6.09. The van der Waals surface area contributed by atoms with Crippen molar-refractivity contribution in [1.82, 2.24) is 0 Å². The molecule has 0 bridgehead atoms. The molecule has 0 saturated carbocycles. The molecule has 0 N–H and O–H groups in total. The molecule has 0 unspecified atom stereocenters. The van der Waals surface area contributed by atoms with Gasteiger partial charge in [-0.25, -0.2) is 0 Å². The number of allylic oxidation sites excluding steroid dienone is 6. The SMILES string of the molecule is CCc1ccccc1OCc1ccccc1C1=CC(C)=CCC=C1. The van der Waals surface area contributed by atoms with Crippen molar-refractivity contribution in [2.45, 2.75) is 33.3 Å². The summed E-state index contributed by atoms with van der Waals surface area (Å²) in [6.07, 6.45) is 10.9. The average molecular weight is 316 g/mol. The van der Waals surface area contributed by atoms with Crippen LogP contribution in [-0.4, -0.2) is 0 Å². The summed E-state index contributed by atoms with van der Waals surface area (Å²) in [6, 6.07) is 16.8. The van der Waals surface area contributed by atoms with Gasteiger partial charge in [0.2, 0.25) is 0 Å². The molecule has 3 rings (SSSR count). The molecule has 1 nitrogen and oxygen atoms in total. The molecule has 0 aliphatic heterocycles. The van der Waals surface area contributed by atoms with Crippen molar-refractivity contribution >= 4 is 5.57 Å². The maximum absolute atomic E-state index is 6.14.